The second kappa shape index (κ2) is 6.36. The summed E-state index contributed by atoms with van der Waals surface area (Å²) in [4.78, 5) is 25.3. The molecule has 0 aliphatic rings. The maximum absolute atomic E-state index is 12.2. The quantitative estimate of drug-likeness (QED) is 0.578. The molecule has 7 heteroatoms. The van der Waals surface area contributed by atoms with E-state index in [1.165, 1.54) is 6.08 Å². The van der Waals surface area contributed by atoms with Crippen LogP contribution < -0.4 is 5.32 Å². The number of amides is 1. The zero-order valence-electron chi connectivity index (χ0n) is 14.3. The number of carbonyl (C=O) groups is 1. The van der Waals surface area contributed by atoms with Gasteiger partial charge in [0.25, 0.3) is 0 Å². The molecule has 0 saturated heterocycles. The van der Waals surface area contributed by atoms with Gasteiger partial charge < -0.3 is 5.32 Å². The molecule has 4 rings (SSSR count). The van der Waals surface area contributed by atoms with Crippen LogP contribution >= 0.6 is 0 Å². The van der Waals surface area contributed by atoms with Crippen LogP contribution in [-0.2, 0) is 11.8 Å². The summed E-state index contributed by atoms with van der Waals surface area (Å²) in [6, 6.07) is 9.46. The second-order valence-electron chi connectivity index (χ2n) is 5.91. The second-order valence-corrected chi connectivity index (χ2v) is 5.91. The van der Waals surface area contributed by atoms with Gasteiger partial charge in [0.2, 0.25) is 5.91 Å². The van der Waals surface area contributed by atoms with E-state index in [2.05, 4.69) is 25.4 Å². The van der Waals surface area contributed by atoms with Crippen LogP contribution in [0.15, 0.2) is 48.8 Å². The highest BCUT2D eigenvalue weighted by molar-refractivity contribution is 6.02. The number of benzene rings is 1. The van der Waals surface area contributed by atoms with E-state index in [-0.39, 0.29) is 5.91 Å². The molecular weight excluding hydrogens is 328 g/mol. The molecule has 7 nitrogen and oxygen atoms in total. The predicted octanol–water partition coefficient (Wildman–Crippen LogP) is 2.87. The molecule has 0 fully saturated rings. The predicted molar refractivity (Wildman–Crippen MR) is 100 cm³/mol. The summed E-state index contributed by atoms with van der Waals surface area (Å²) in [5, 5.41) is 8.04. The number of anilines is 1. The summed E-state index contributed by atoms with van der Waals surface area (Å²) >= 11 is 0. The first-order valence-corrected chi connectivity index (χ1v) is 8.10. The van der Waals surface area contributed by atoms with Gasteiger partial charge in [-0.2, -0.15) is 5.10 Å². The standard InChI is InChI=1S/C19H16N6O/c1-12-15-9-14(11-21-19(15)25(2)24-12)23-18(26)8-7-13-10-20-16-5-3-4-6-17(16)22-13/h3-11H,1-2H3,(H,23,26)/b8-7+. The molecule has 0 aliphatic carbocycles. The van der Waals surface area contributed by atoms with E-state index in [1.54, 1.807) is 23.2 Å². The third-order valence-electron chi connectivity index (χ3n) is 4.00. The molecule has 0 saturated carbocycles. The minimum Gasteiger partial charge on any atom is -0.321 e. The van der Waals surface area contributed by atoms with E-state index in [4.69, 9.17) is 0 Å². The van der Waals surface area contributed by atoms with E-state index in [0.29, 0.717) is 11.4 Å². The molecule has 0 radical (unpaired) electrons. The largest absolute Gasteiger partial charge is 0.321 e. The van der Waals surface area contributed by atoms with Gasteiger partial charge in [0, 0.05) is 18.5 Å². The number of aryl methyl sites for hydroxylation is 2. The van der Waals surface area contributed by atoms with Gasteiger partial charge in [0.05, 0.1) is 40.5 Å². The molecule has 0 atom stereocenters. The SMILES string of the molecule is Cc1nn(C)c2ncc(NC(=O)/C=C/c3cnc4ccccc4n3)cc12. The zero-order valence-corrected chi connectivity index (χ0v) is 14.3. The van der Waals surface area contributed by atoms with Crippen molar-refractivity contribution < 1.29 is 4.79 Å². The zero-order chi connectivity index (χ0) is 18.1. The number of nitrogens with zero attached hydrogens (tertiary/aromatic N) is 5. The Labute approximate surface area is 149 Å². The molecule has 3 heterocycles. The molecule has 0 bridgehead atoms. The number of nitrogens with one attached hydrogen (secondary N) is 1. The molecule has 128 valence electrons. The maximum atomic E-state index is 12.2. The third-order valence-corrected chi connectivity index (χ3v) is 4.00. The highest BCUT2D eigenvalue weighted by Gasteiger charge is 2.08. The molecule has 3 aromatic heterocycles. The number of fused-ring (bicyclic) bond motifs is 2. The fourth-order valence-electron chi connectivity index (χ4n) is 2.77. The van der Waals surface area contributed by atoms with Crippen molar-refractivity contribution in [3.63, 3.8) is 0 Å². The van der Waals surface area contributed by atoms with E-state index in [9.17, 15) is 4.79 Å². The monoisotopic (exact) mass is 344 g/mol. The van der Waals surface area contributed by atoms with Gasteiger partial charge in [0.15, 0.2) is 5.65 Å². The van der Waals surface area contributed by atoms with Crippen molar-refractivity contribution in [3.8, 4) is 0 Å². The van der Waals surface area contributed by atoms with Crippen molar-refractivity contribution in [2.45, 2.75) is 6.92 Å². The van der Waals surface area contributed by atoms with Crippen LogP contribution in [0.3, 0.4) is 0 Å². The fraction of sp³-hybridized carbons (Fsp3) is 0.105. The van der Waals surface area contributed by atoms with Crippen LogP contribution in [0.25, 0.3) is 28.1 Å². The lowest BCUT2D eigenvalue weighted by Gasteiger charge is -2.02. The van der Waals surface area contributed by atoms with Crippen LogP contribution in [0.2, 0.25) is 0 Å². The van der Waals surface area contributed by atoms with E-state index < -0.39 is 0 Å². The number of aromatic nitrogens is 5. The lowest BCUT2D eigenvalue weighted by molar-refractivity contribution is -0.111. The summed E-state index contributed by atoms with van der Waals surface area (Å²) in [6.07, 6.45) is 6.32. The number of rotatable bonds is 3. The lowest BCUT2D eigenvalue weighted by Crippen LogP contribution is -2.08. The Morgan fingerprint density at radius 1 is 1.15 bits per heavy atom. The minimum atomic E-state index is -0.261. The van der Waals surface area contributed by atoms with E-state index in [1.807, 2.05) is 44.3 Å². The van der Waals surface area contributed by atoms with Crippen LogP contribution in [0.4, 0.5) is 5.69 Å². The topological polar surface area (TPSA) is 85.6 Å². The Morgan fingerprint density at radius 3 is 2.81 bits per heavy atom. The van der Waals surface area contributed by atoms with E-state index >= 15 is 0 Å². The van der Waals surface area contributed by atoms with Crippen molar-refractivity contribution in [2.75, 3.05) is 5.32 Å². The first kappa shape index (κ1) is 15.9. The Morgan fingerprint density at radius 2 is 1.96 bits per heavy atom. The molecule has 26 heavy (non-hydrogen) atoms. The number of hydrogen-bond acceptors (Lipinski definition) is 5. The Hall–Kier alpha value is -3.61. The number of para-hydroxylation sites is 2. The van der Waals surface area contributed by atoms with Crippen LogP contribution in [0.5, 0.6) is 0 Å². The average molecular weight is 344 g/mol. The van der Waals surface area contributed by atoms with Gasteiger partial charge in [-0.3, -0.25) is 14.5 Å². The van der Waals surface area contributed by atoms with Crippen molar-refractivity contribution in [2.24, 2.45) is 7.05 Å². The van der Waals surface area contributed by atoms with Gasteiger partial charge in [0.1, 0.15) is 0 Å². The van der Waals surface area contributed by atoms with Crippen molar-refractivity contribution in [1.82, 2.24) is 24.7 Å². The fourth-order valence-corrected chi connectivity index (χ4v) is 2.77. The highest BCUT2D eigenvalue weighted by Crippen LogP contribution is 2.19. The third kappa shape index (κ3) is 3.02. The molecule has 1 aromatic carbocycles. The van der Waals surface area contributed by atoms with Gasteiger partial charge in [-0.25, -0.2) is 9.97 Å². The smallest absolute Gasteiger partial charge is 0.248 e. The molecule has 1 amide bonds. The molecular formula is C19H16N6O. The summed E-state index contributed by atoms with van der Waals surface area (Å²) in [6.45, 7) is 1.91. The molecule has 0 aliphatic heterocycles. The van der Waals surface area contributed by atoms with Gasteiger partial charge in [-0.1, -0.05) is 12.1 Å². The average Bonchev–Trinajstić information content (AvgIpc) is 2.93. The van der Waals surface area contributed by atoms with Crippen LogP contribution in [0.1, 0.15) is 11.4 Å². The van der Waals surface area contributed by atoms with Crippen molar-refractivity contribution in [1.29, 1.82) is 0 Å². The Kier molecular flexibility index (Phi) is 3.89. The molecule has 4 aromatic rings. The molecule has 0 unspecified atom stereocenters. The van der Waals surface area contributed by atoms with Crippen LogP contribution in [-0.4, -0.2) is 30.6 Å². The van der Waals surface area contributed by atoms with Gasteiger partial charge in [-0.15, -0.1) is 0 Å². The summed E-state index contributed by atoms with van der Waals surface area (Å²) in [7, 11) is 1.84. The minimum absolute atomic E-state index is 0.261. The highest BCUT2D eigenvalue weighted by atomic mass is 16.1. The first-order chi connectivity index (χ1) is 12.6. The van der Waals surface area contributed by atoms with Crippen LogP contribution in [0, 0.1) is 6.92 Å². The molecule has 0 spiro atoms. The van der Waals surface area contributed by atoms with Crippen molar-refractivity contribution in [3.05, 3.63) is 60.2 Å². The Balaban J connectivity index is 1.52. The number of pyridine rings is 1. The summed E-state index contributed by atoms with van der Waals surface area (Å²) < 4.78 is 1.72. The first-order valence-electron chi connectivity index (χ1n) is 8.10. The van der Waals surface area contributed by atoms with Crippen molar-refractivity contribution >= 4 is 39.7 Å². The normalized spacial score (nSPS) is 11.5. The summed E-state index contributed by atoms with van der Waals surface area (Å²) in [5.41, 5.74) is 4.50. The number of hydrogen-bond donors (Lipinski definition) is 1. The van der Waals surface area contributed by atoms with E-state index in [0.717, 1.165) is 27.8 Å². The summed E-state index contributed by atoms with van der Waals surface area (Å²) in [5.74, 6) is -0.261. The van der Waals surface area contributed by atoms with Gasteiger partial charge >= 0.3 is 0 Å². The maximum Gasteiger partial charge on any atom is 0.248 e. The number of carbonyl (C=O) groups excluding carboxylic acids is 1. The van der Waals surface area contributed by atoms with Gasteiger partial charge in [-0.05, 0) is 31.2 Å². The Bertz CT molecular complexity index is 1160. The lowest BCUT2D eigenvalue weighted by atomic mass is 10.2. The molecule has 1 N–H and O–H groups in total.